The van der Waals surface area contributed by atoms with Crippen LogP contribution in [0.25, 0.3) is 10.9 Å². The predicted octanol–water partition coefficient (Wildman–Crippen LogP) is 2.30. The van der Waals surface area contributed by atoms with Crippen molar-refractivity contribution in [3.8, 4) is 11.5 Å². The van der Waals surface area contributed by atoms with Gasteiger partial charge in [0.2, 0.25) is 0 Å². The van der Waals surface area contributed by atoms with Gasteiger partial charge < -0.3 is 15.2 Å². The topological polar surface area (TPSA) is 76.7 Å². The highest BCUT2D eigenvalue weighted by atomic mass is 16.6. The molecule has 5 rings (SSSR count). The van der Waals surface area contributed by atoms with Gasteiger partial charge in [-0.2, -0.15) is 0 Å². The highest BCUT2D eigenvalue weighted by Crippen LogP contribution is 2.34. The molecule has 1 aromatic heterocycles. The molecule has 2 N–H and O–H groups in total. The van der Waals surface area contributed by atoms with Crippen molar-refractivity contribution in [1.29, 1.82) is 0 Å². The van der Waals surface area contributed by atoms with E-state index in [-0.39, 0.29) is 0 Å². The number of fused-ring (bicyclic) bond motifs is 2. The first-order valence-corrected chi connectivity index (χ1v) is 10.1. The van der Waals surface area contributed by atoms with Crippen molar-refractivity contribution in [3.63, 3.8) is 0 Å². The van der Waals surface area contributed by atoms with Crippen LogP contribution in [0, 0.1) is 0 Å². The highest BCUT2D eigenvalue weighted by Gasteiger charge is 2.22. The fraction of sp³-hybridized carbons (Fsp3) is 0.364. The Kier molecular flexibility index (Phi) is 4.91. The number of anilines is 1. The van der Waals surface area contributed by atoms with E-state index >= 15 is 0 Å². The van der Waals surface area contributed by atoms with E-state index in [0.29, 0.717) is 19.0 Å². The number of aromatic nitrogens is 2. The van der Waals surface area contributed by atoms with Gasteiger partial charge in [0.15, 0.2) is 11.5 Å². The number of hydrogen-bond acceptors (Lipinski definition) is 7. The average Bonchev–Trinajstić information content (AvgIpc) is 2.75. The van der Waals surface area contributed by atoms with Crippen molar-refractivity contribution in [1.82, 2.24) is 19.8 Å². The minimum absolute atomic E-state index is 0.556. The number of nitrogen functional groups attached to an aromatic ring is 1. The van der Waals surface area contributed by atoms with E-state index in [1.807, 2.05) is 36.4 Å². The van der Waals surface area contributed by atoms with Crippen molar-refractivity contribution in [2.75, 3.05) is 45.1 Å². The van der Waals surface area contributed by atoms with Gasteiger partial charge in [-0.05, 0) is 18.2 Å². The number of ether oxygens (including phenoxy) is 2. The van der Waals surface area contributed by atoms with Gasteiger partial charge in [-0.25, -0.2) is 9.97 Å². The van der Waals surface area contributed by atoms with Gasteiger partial charge in [-0.3, -0.25) is 9.80 Å². The molecule has 3 heterocycles. The quantitative estimate of drug-likeness (QED) is 0.731. The Morgan fingerprint density at radius 1 is 0.828 bits per heavy atom. The maximum absolute atomic E-state index is 6.13. The monoisotopic (exact) mass is 391 g/mol. The molecule has 1 fully saturated rings. The standard InChI is InChI=1S/C22H25N5O2/c23-22-17-5-1-2-6-18(17)24-20(25-22)15-27-10-8-26(9-11-27)14-16-4-3-7-19-21(16)29-13-12-28-19/h1-7H,8-15H2,(H2,23,24,25). The van der Waals surface area contributed by atoms with Gasteiger partial charge in [0.25, 0.3) is 0 Å². The molecule has 0 spiro atoms. The Labute approximate surface area is 170 Å². The van der Waals surface area contributed by atoms with Gasteiger partial charge in [-0.15, -0.1) is 0 Å². The molecule has 29 heavy (non-hydrogen) atoms. The molecular formula is C22H25N5O2. The summed E-state index contributed by atoms with van der Waals surface area (Å²) in [4.78, 5) is 14.0. The number of benzene rings is 2. The van der Waals surface area contributed by atoms with Crippen molar-refractivity contribution in [2.24, 2.45) is 0 Å². The van der Waals surface area contributed by atoms with E-state index in [9.17, 15) is 0 Å². The van der Waals surface area contributed by atoms with Gasteiger partial charge in [0.1, 0.15) is 24.9 Å². The van der Waals surface area contributed by atoms with Crippen LogP contribution in [0.1, 0.15) is 11.4 Å². The fourth-order valence-electron chi connectivity index (χ4n) is 4.03. The molecular weight excluding hydrogens is 366 g/mol. The van der Waals surface area contributed by atoms with Crippen LogP contribution in [0.4, 0.5) is 5.82 Å². The third-order valence-electron chi connectivity index (χ3n) is 5.55. The Morgan fingerprint density at radius 2 is 1.59 bits per heavy atom. The molecule has 2 aromatic carbocycles. The first-order valence-electron chi connectivity index (χ1n) is 10.1. The highest BCUT2D eigenvalue weighted by molar-refractivity contribution is 5.87. The SMILES string of the molecule is Nc1nc(CN2CCN(Cc3cccc4c3OCCO4)CC2)nc2ccccc12. The van der Waals surface area contributed by atoms with E-state index in [0.717, 1.165) is 67.5 Å². The largest absolute Gasteiger partial charge is 0.486 e. The number of rotatable bonds is 4. The first kappa shape index (κ1) is 18.1. The molecule has 150 valence electrons. The lowest BCUT2D eigenvalue weighted by Crippen LogP contribution is -2.45. The normalized spacial score (nSPS) is 17.5. The fourth-order valence-corrected chi connectivity index (χ4v) is 4.03. The Balaban J connectivity index is 1.21. The van der Waals surface area contributed by atoms with Crippen LogP contribution in [0.3, 0.4) is 0 Å². The minimum atomic E-state index is 0.556. The molecule has 0 unspecified atom stereocenters. The second-order valence-electron chi connectivity index (χ2n) is 7.54. The Hall–Kier alpha value is -2.90. The first-order chi connectivity index (χ1) is 14.3. The van der Waals surface area contributed by atoms with Crippen LogP contribution >= 0.6 is 0 Å². The maximum atomic E-state index is 6.13. The Morgan fingerprint density at radius 3 is 2.45 bits per heavy atom. The zero-order chi connectivity index (χ0) is 19.6. The summed E-state index contributed by atoms with van der Waals surface area (Å²) in [6, 6.07) is 14.0. The van der Waals surface area contributed by atoms with E-state index in [1.54, 1.807) is 0 Å². The summed E-state index contributed by atoms with van der Waals surface area (Å²) in [5, 5.41) is 0.915. The number of nitrogens with two attached hydrogens (primary N) is 1. The third kappa shape index (κ3) is 3.83. The van der Waals surface area contributed by atoms with Crippen molar-refractivity contribution in [3.05, 3.63) is 53.9 Å². The summed E-state index contributed by atoms with van der Waals surface area (Å²) < 4.78 is 11.6. The van der Waals surface area contributed by atoms with Crippen LogP contribution < -0.4 is 15.2 Å². The van der Waals surface area contributed by atoms with Crippen LogP contribution in [0.2, 0.25) is 0 Å². The van der Waals surface area contributed by atoms with Crippen LogP contribution in [0.5, 0.6) is 11.5 Å². The maximum Gasteiger partial charge on any atom is 0.165 e. The van der Waals surface area contributed by atoms with E-state index in [2.05, 4.69) is 25.8 Å². The lowest BCUT2D eigenvalue weighted by Gasteiger charge is -2.34. The predicted molar refractivity (Wildman–Crippen MR) is 112 cm³/mol. The molecule has 2 aliphatic rings. The number of nitrogens with zero attached hydrogens (tertiary/aromatic N) is 4. The average molecular weight is 391 g/mol. The summed E-state index contributed by atoms with van der Waals surface area (Å²) >= 11 is 0. The Bertz CT molecular complexity index is 1020. The van der Waals surface area contributed by atoms with Gasteiger partial charge >= 0.3 is 0 Å². The zero-order valence-corrected chi connectivity index (χ0v) is 16.4. The molecule has 0 radical (unpaired) electrons. The molecule has 0 amide bonds. The molecule has 7 heteroatoms. The smallest absolute Gasteiger partial charge is 0.165 e. The molecule has 1 saturated heterocycles. The van der Waals surface area contributed by atoms with Crippen LogP contribution in [-0.4, -0.2) is 59.2 Å². The lowest BCUT2D eigenvalue weighted by molar-refractivity contribution is 0.116. The van der Waals surface area contributed by atoms with Crippen molar-refractivity contribution >= 4 is 16.7 Å². The second kappa shape index (κ2) is 7.85. The van der Waals surface area contributed by atoms with Crippen LogP contribution in [0.15, 0.2) is 42.5 Å². The summed E-state index contributed by atoms with van der Waals surface area (Å²) in [5.41, 5.74) is 8.23. The van der Waals surface area contributed by atoms with E-state index in [4.69, 9.17) is 15.2 Å². The van der Waals surface area contributed by atoms with Gasteiger partial charge in [0.05, 0.1) is 12.1 Å². The number of para-hydroxylation sites is 2. The molecule has 0 atom stereocenters. The lowest BCUT2D eigenvalue weighted by atomic mass is 10.1. The molecule has 7 nitrogen and oxygen atoms in total. The van der Waals surface area contributed by atoms with E-state index < -0.39 is 0 Å². The third-order valence-corrected chi connectivity index (χ3v) is 5.55. The van der Waals surface area contributed by atoms with Crippen molar-refractivity contribution < 1.29 is 9.47 Å². The minimum Gasteiger partial charge on any atom is -0.486 e. The van der Waals surface area contributed by atoms with Gasteiger partial charge in [-0.1, -0.05) is 24.3 Å². The van der Waals surface area contributed by atoms with Crippen molar-refractivity contribution in [2.45, 2.75) is 13.1 Å². The molecule has 3 aromatic rings. The summed E-state index contributed by atoms with van der Waals surface area (Å²) in [7, 11) is 0. The van der Waals surface area contributed by atoms with Gasteiger partial charge in [0, 0.05) is 43.7 Å². The number of hydrogen-bond donors (Lipinski definition) is 1. The van der Waals surface area contributed by atoms with Crippen LogP contribution in [-0.2, 0) is 13.1 Å². The summed E-state index contributed by atoms with van der Waals surface area (Å²) in [6.07, 6.45) is 0. The summed E-state index contributed by atoms with van der Waals surface area (Å²) in [6.45, 7) is 6.77. The molecule has 0 aliphatic carbocycles. The molecule has 0 bridgehead atoms. The number of piperazine rings is 1. The summed E-state index contributed by atoms with van der Waals surface area (Å²) in [5.74, 6) is 3.11. The zero-order valence-electron chi connectivity index (χ0n) is 16.4. The molecule has 2 aliphatic heterocycles. The second-order valence-corrected chi connectivity index (χ2v) is 7.54. The van der Waals surface area contributed by atoms with E-state index in [1.165, 1.54) is 5.56 Å². The molecule has 0 saturated carbocycles.